The number of nitrogens with zero attached hydrogens (tertiary/aromatic N) is 2. The quantitative estimate of drug-likeness (QED) is 0.00736. The highest BCUT2D eigenvalue weighted by Crippen LogP contribution is 2.31. The maximum absolute atomic E-state index is 15.3. The molecule has 0 aliphatic heterocycles. The molecule has 2 heterocycles. The molecule has 0 bridgehead atoms. The Morgan fingerprint density at radius 3 is 1.48 bits per heavy atom. The molecule has 0 saturated carbocycles. The van der Waals surface area contributed by atoms with Crippen molar-refractivity contribution in [1.29, 1.82) is 10.8 Å². The second-order valence-corrected chi connectivity index (χ2v) is 29.9. The number of nitrogens with two attached hydrogens (primary N) is 2. The monoisotopic (exact) mass is 1550 g/mol. The van der Waals surface area contributed by atoms with E-state index in [-0.39, 0.29) is 126 Å². The smallest absolute Gasteiger partial charge is 0.329 e. The van der Waals surface area contributed by atoms with Gasteiger partial charge in [-0.2, -0.15) is 0 Å². The molecule has 27 nitrogen and oxygen atoms in total. The number of anilines is 2. The summed E-state index contributed by atoms with van der Waals surface area (Å²) >= 11 is 0. The summed E-state index contributed by atoms with van der Waals surface area (Å²) in [6.07, 6.45) is 3.61. The van der Waals surface area contributed by atoms with E-state index in [9.17, 15) is 27.6 Å². The zero-order chi connectivity index (χ0) is 80.1. The second kappa shape index (κ2) is 41.6. The molecule has 0 aliphatic carbocycles. The van der Waals surface area contributed by atoms with Gasteiger partial charge in [-0.05, 0) is 121 Å². The number of carbonyl (C=O) groups is 7. The molecule has 0 spiro atoms. The van der Waals surface area contributed by atoms with E-state index in [1.165, 1.54) is 6.07 Å². The number of esters is 1. The molecular formula is C85H101N17O10S. The third-order valence-corrected chi connectivity index (χ3v) is 20.8. The van der Waals surface area contributed by atoms with Crippen molar-refractivity contribution in [2.24, 2.45) is 11.5 Å². The number of hydrogen-bond donors (Lipinski definition) is 15. The molecule has 0 aliphatic rings. The van der Waals surface area contributed by atoms with E-state index in [0.29, 0.717) is 47.4 Å². The Hall–Kier alpha value is -12.4. The fourth-order valence-electron chi connectivity index (χ4n) is 13.6. The Labute approximate surface area is 658 Å². The van der Waals surface area contributed by atoms with Gasteiger partial charge in [0, 0.05) is 135 Å². The van der Waals surface area contributed by atoms with Gasteiger partial charge in [-0.25, -0.2) is 17.9 Å². The van der Waals surface area contributed by atoms with Crippen molar-refractivity contribution in [2.45, 2.75) is 138 Å². The van der Waals surface area contributed by atoms with Crippen LogP contribution in [0.4, 0.5) is 11.4 Å². The van der Waals surface area contributed by atoms with Crippen LogP contribution in [-0.4, -0.2) is 141 Å². The van der Waals surface area contributed by atoms with Gasteiger partial charge in [0.25, 0.3) is 0 Å². The Balaban J connectivity index is 0.869. The lowest BCUT2D eigenvalue weighted by molar-refractivity contribution is -0.149. The predicted molar refractivity (Wildman–Crippen MR) is 440 cm³/mol. The Kier molecular flexibility index (Phi) is 30.6. The fourth-order valence-corrected chi connectivity index (χ4v) is 14.9. The molecule has 592 valence electrons. The number of H-pyrrole nitrogens is 2. The van der Waals surface area contributed by atoms with Crippen LogP contribution in [0.25, 0.3) is 32.6 Å². The molecule has 0 unspecified atom stereocenters. The highest BCUT2D eigenvalue weighted by atomic mass is 32.2. The standard InChI is InChI=1S/C85H101N17O10S/c1-101(2)75-41-19-35-67-66(75)34-20-42-76(67)113(110,111)94-47-17-16-38-70(96-78(104)44-21-43-77(103)95-63-31-18-30-60(48-63)55-102(53-57-24-6-3-7-25-57)54-58-26-8-4-9-27-58)79(105)97-71(39-22-45-90-84(86)87)80(106)99-73(49-61-51-92-68-36-14-12-32-64(61)68)82(108)98-72(40-23-46-91-85(88)89)81(107)100-74(83(109)112-56-59-28-10-5-11-29-59)50-62-52-93-69-37-15-13-33-65(62)69/h3-15,18-20,24-37,41-42,48,51-52,70-74,92-94H,16-17,21-23,38-40,43-47,49-50,53-56H2,1-2H3,(H,95,103)(H,96,104)(H,97,105)(H,98,108)(H,99,106)(H,100,107)(H4,86,87,90)(H4,88,89,91)/t70-,71+,72+,73+,74+/m1/s1. The van der Waals surface area contributed by atoms with Crippen molar-refractivity contribution < 1.29 is 46.7 Å². The second-order valence-electron chi connectivity index (χ2n) is 28.2. The molecule has 28 heteroatoms. The van der Waals surface area contributed by atoms with Crippen LogP contribution in [-0.2, 0) is 87.4 Å². The summed E-state index contributed by atoms with van der Waals surface area (Å²) < 4.78 is 36.6. The third kappa shape index (κ3) is 25.3. The summed E-state index contributed by atoms with van der Waals surface area (Å²) in [6.45, 7) is 2.03. The van der Waals surface area contributed by atoms with Gasteiger partial charge in [-0.15, -0.1) is 0 Å². The Morgan fingerprint density at radius 2 is 0.903 bits per heavy atom. The summed E-state index contributed by atoms with van der Waals surface area (Å²) in [5.41, 5.74) is 19.6. The minimum absolute atomic E-state index is 0.0111. The summed E-state index contributed by atoms with van der Waals surface area (Å²) in [5, 5.41) is 41.2. The van der Waals surface area contributed by atoms with Gasteiger partial charge in [0.2, 0.25) is 45.5 Å². The van der Waals surface area contributed by atoms with Crippen molar-refractivity contribution in [3.63, 3.8) is 0 Å². The van der Waals surface area contributed by atoms with Crippen LogP contribution in [0.3, 0.4) is 0 Å². The largest absolute Gasteiger partial charge is 0.459 e. The molecular weight excluding hydrogens is 1450 g/mol. The van der Waals surface area contributed by atoms with E-state index in [2.05, 4.69) is 86.4 Å². The number of unbranched alkanes of at least 4 members (excludes halogenated alkanes) is 1. The first-order valence-corrected chi connectivity index (χ1v) is 39.5. The first-order chi connectivity index (χ1) is 54.6. The summed E-state index contributed by atoms with van der Waals surface area (Å²) in [4.78, 5) is 114. The molecule has 8 aromatic carbocycles. The number of para-hydroxylation sites is 2. The number of fused-ring (bicyclic) bond motifs is 3. The molecule has 0 fully saturated rings. The van der Waals surface area contributed by atoms with Crippen LogP contribution >= 0.6 is 0 Å². The van der Waals surface area contributed by atoms with Gasteiger partial charge >= 0.3 is 5.97 Å². The normalized spacial score (nSPS) is 12.7. The first-order valence-electron chi connectivity index (χ1n) is 38.0. The van der Waals surface area contributed by atoms with Gasteiger partial charge in [0.15, 0.2) is 11.9 Å². The van der Waals surface area contributed by atoms with Crippen LogP contribution in [0, 0.1) is 10.8 Å². The Morgan fingerprint density at radius 1 is 0.451 bits per heavy atom. The number of carbonyl (C=O) groups excluding carboxylic acids is 7. The van der Waals surface area contributed by atoms with Crippen LogP contribution in [0.2, 0.25) is 0 Å². The lowest BCUT2D eigenvalue weighted by atomic mass is 10.0. The average molecular weight is 1550 g/mol. The molecule has 0 radical (unpaired) electrons. The number of benzene rings is 8. The molecule has 2 aromatic heterocycles. The van der Waals surface area contributed by atoms with Crippen molar-refractivity contribution in [1.82, 2.24) is 56.8 Å². The van der Waals surface area contributed by atoms with Crippen molar-refractivity contribution in [3.05, 3.63) is 246 Å². The summed E-state index contributed by atoms with van der Waals surface area (Å²) in [7, 11) is -0.332. The van der Waals surface area contributed by atoms with E-state index < -0.39 is 75.7 Å². The highest BCUT2D eigenvalue weighted by Gasteiger charge is 2.34. The lowest BCUT2D eigenvalue weighted by Crippen LogP contribution is -2.59. The number of aromatic amines is 2. The molecule has 6 amide bonds. The number of hydrogen-bond acceptors (Lipinski definition) is 14. The molecule has 5 atom stereocenters. The zero-order valence-electron chi connectivity index (χ0n) is 63.6. The van der Waals surface area contributed by atoms with Crippen LogP contribution in [0.15, 0.2) is 217 Å². The Bertz CT molecular complexity index is 4960. The number of sulfonamides is 1. The van der Waals surface area contributed by atoms with Gasteiger partial charge in [-0.1, -0.05) is 164 Å². The lowest BCUT2D eigenvalue weighted by Gasteiger charge is -2.27. The van der Waals surface area contributed by atoms with E-state index in [4.69, 9.17) is 27.0 Å². The van der Waals surface area contributed by atoms with E-state index in [1.54, 1.807) is 60.9 Å². The highest BCUT2D eigenvalue weighted by molar-refractivity contribution is 7.89. The van der Waals surface area contributed by atoms with Gasteiger partial charge in [0.1, 0.15) is 36.8 Å². The zero-order valence-corrected chi connectivity index (χ0v) is 64.4. The number of aromatic nitrogens is 2. The minimum Gasteiger partial charge on any atom is -0.459 e. The van der Waals surface area contributed by atoms with E-state index in [0.717, 1.165) is 49.6 Å². The average Bonchev–Trinajstić information content (AvgIpc) is 1.51. The SMILES string of the molecule is CN(C)c1cccc2c(S(=O)(=O)NCCCC[C@@H](NC(=O)CCCC(=O)Nc3cccc(CN(Cc4ccccc4)Cc4ccccc4)c3)C(=O)N[C@@H](CCCNC(=N)N)C(=O)N[C@@H](Cc3c[nH]c4ccccc34)C(=O)N[C@@H](CCCNC(=N)N)C(=O)N[C@@H](Cc3c[nH]c4ccccc34)C(=O)OCc3ccccc3)cccc12. The van der Waals surface area contributed by atoms with E-state index >= 15 is 14.4 Å². The molecule has 0 saturated heterocycles. The van der Waals surface area contributed by atoms with Crippen molar-refractivity contribution >= 4 is 107 Å². The first kappa shape index (κ1) is 83.1. The number of ether oxygens (including phenoxy) is 1. The third-order valence-electron chi connectivity index (χ3n) is 19.3. The van der Waals surface area contributed by atoms with Gasteiger partial charge in [0.05, 0.1) is 4.90 Å². The molecule has 113 heavy (non-hydrogen) atoms. The van der Waals surface area contributed by atoms with Crippen LogP contribution in [0.5, 0.6) is 0 Å². The topological polar surface area (TPSA) is 409 Å². The van der Waals surface area contributed by atoms with Crippen LogP contribution in [0.1, 0.15) is 97.6 Å². The number of amides is 6. The summed E-state index contributed by atoms with van der Waals surface area (Å²) in [5.74, 6) is -5.58. The van der Waals surface area contributed by atoms with Crippen molar-refractivity contribution in [3.8, 4) is 0 Å². The van der Waals surface area contributed by atoms with Crippen LogP contribution < -0.4 is 63.6 Å². The van der Waals surface area contributed by atoms with Gasteiger partial charge in [-0.3, -0.25) is 44.5 Å². The van der Waals surface area contributed by atoms with E-state index in [1.807, 2.05) is 140 Å². The number of rotatable bonds is 43. The molecule has 10 rings (SSSR count). The number of guanidine groups is 2. The predicted octanol–water partition coefficient (Wildman–Crippen LogP) is 8.51. The number of nitrogens with one attached hydrogen (secondary N) is 13. The van der Waals surface area contributed by atoms with Crippen molar-refractivity contribution in [2.75, 3.05) is 43.9 Å². The minimum atomic E-state index is -4.08. The van der Waals surface area contributed by atoms with Gasteiger partial charge < -0.3 is 73.6 Å². The maximum Gasteiger partial charge on any atom is 0.329 e. The molecule has 10 aromatic rings. The summed E-state index contributed by atoms with van der Waals surface area (Å²) in [6, 6.07) is 55.4. The fraction of sp³-hybridized carbons (Fsp3) is 0.306. The maximum atomic E-state index is 15.3. The molecule has 17 N–H and O–H groups in total.